The van der Waals surface area contributed by atoms with E-state index in [0.717, 1.165) is 25.7 Å². The van der Waals surface area contributed by atoms with Gasteiger partial charge in [0.15, 0.2) is 0 Å². The zero-order chi connectivity index (χ0) is 15.3. The second kappa shape index (κ2) is 7.24. The summed E-state index contributed by atoms with van der Waals surface area (Å²) in [5.41, 5.74) is 5.39. The summed E-state index contributed by atoms with van der Waals surface area (Å²) in [5, 5.41) is 0. The molecule has 1 fully saturated rings. The van der Waals surface area contributed by atoms with Crippen LogP contribution in [0.15, 0.2) is 29.2 Å². The predicted octanol–water partition coefficient (Wildman–Crippen LogP) is 1.88. The summed E-state index contributed by atoms with van der Waals surface area (Å²) in [5.74, 6) is 1.17. The van der Waals surface area contributed by atoms with Crippen molar-refractivity contribution < 1.29 is 13.2 Å². The van der Waals surface area contributed by atoms with Crippen molar-refractivity contribution in [3.8, 4) is 5.75 Å². The van der Waals surface area contributed by atoms with Crippen LogP contribution in [0.5, 0.6) is 5.75 Å². The van der Waals surface area contributed by atoms with E-state index in [9.17, 15) is 8.42 Å². The number of hydrogen-bond donors (Lipinski definition) is 2. The number of ether oxygens (including phenoxy) is 1. The van der Waals surface area contributed by atoms with Crippen molar-refractivity contribution in [3.63, 3.8) is 0 Å². The Labute approximate surface area is 126 Å². The molecule has 2 rings (SSSR count). The van der Waals surface area contributed by atoms with Crippen molar-refractivity contribution >= 4 is 10.0 Å². The molecule has 2 atom stereocenters. The molecule has 1 saturated carbocycles. The number of rotatable bonds is 9. The van der Waals surface area contributed by atoms with Crippen molar-refractivity contribution in [2.24, 2.45) is 11.7 Å². The second-order valence-electron chi connectivity index (χ2n) is 5.47. The van der Waals surface area contributed by atoms with Gasteiger partial charge in [0.05, 0.1) is 11.5 Å². The molecule has 3 N–H and O–H groups in total. The van der Waals surface area contributed by atoms with Crippen molar-refractivity contribution in [2.45, 2.75) is 43.5 Å². The van der Waals surface area contributed by atoms with Gasteiger partial charge in [0.25, 0.3) is 0 Å². The molecule has 2 unspecified atom stereocenters. The minimum atomic E-state index is -3.42. The molecule has 0 amide bonds. The van der Waals surface area contributed by atoms with Gasteiger partial charge in [-0.15, -0.1) is 0 Å². The van der Waals surface area contributed by atoms with E-state index in [1.807, 2.05) is 0 Å². The third-order valence-corrected chi connectivity index (χ3v) is 5.15. The van der Waals surface area contributed by atoms with Crippen LogP contribution in [-0.4, -0.2) is 27.6 Å². The fourth-order valence-electron chi connectivity index (χ4n) is 2.34. The average Bonchev–Trinajstić information content (AvgIpc) is 3.17. The molecule has 1 aliphatic rings. The maximum absolute atomic E-state index is 12.2. The Balaban J connectivity index is 1.91. The highest BCUT2D eigenvalue weighted by molar-refractivity contribution is 7.89. The van der Waals surface area contributed by atoms with E-state index in [4.69, 9.17) is 10.5 Å². The minimum absolute atomic E-state index is 0.107. The first kappa shape index (κ1) is 16.3. The molecule has 1 aromatic carbocycles. The Morgan fingerprint density at radius 3 is 2.67 bits per heavy atom. The standard InChI is InChI=1S/C15H24N2O3S/c1-2-4-12-11-15(12)17-21(18,19)14-7-5-13(6-8-14)20-10-3-9-16/h5-8,12,15,17H,2-4,9-11,16H2,1H3. The van der Waals surface area contributed by atoms with Gasteiger partial charge in [0.2, 0.25) is 10.0 Å². The SMILES string of the molecule is CCCC1CC1NS(=O)(=O)c1ccc(OCCCN)cc1. The predicted molar refractivity (Wildman–Crippen MR) is 82.7 cm³/mol. The number of nitrogens with one attached hydrogen (secondary N) is 1. The Kier molecular flexibility index (Phi) is 5.61. The highest BCUT2D eigenvalue weighted by Gasteiger charge is 2.39. The monoisotopic (exact) mass is 312 g/mol. The lowest BCUT2D eigenvalue weighted by molar-refractivity contribution is 0.313. The molecule has 0 bridgehead atoms. The zero-order valence-corrected chi connectivity index (χ0v) is 13.2. The summed E-state index contributed by atoms with van der Waals surface area (Å²) >= 11 is 0. The van der Waals surface area contributed by atoms with Gasteiger partial charge in [-0.2, -0.15) is 0 Å². The Morgan fingerprint density at radius 2 is 2.05 bits per heavy atom. The summed E-state index contributed by atoms with van der Waals surface area (Å²) < 4.78 is 32.7. The van der Waals surface area contributed by atoms with Crippen molar-refractivity contribution in [1.82, 2.24) is 4.72 Å². The third-order valence-electron chi connectivity index (χ3n) is 3.64. The smallest absolute Gasteiger partial charge is 0.240 e. The van der Waals surface area contributed by atoms with E-state index >= 15 is 0 Å². The largest absolute Gasteiger partial charge is 0.494 e. The van der Waals surface area contributed by atoms with Crippen LogP contribution in [0.3, 0.4) is 0 Å². The highest BCUT2D eigenvalue weighted by Crippen LogP contribution is 2.35. The quantitative estimate of drug-likeness (QED) is 0.682. The summed E-state index contributed by atoms with van der Waals surface area (Å²) in [6.45, 7) is 3.24. The van der Waals surface area contributed by atoms with Crippen molar-refractivity contribution in [1.29, 1.82) is 0 Å². The number of nitrogens with two attached hydrogens (primary N) is 1. The van der Waals surface area contributed by atoms with Gasteiger partial charge < -0.3 is 10.5 Å². The van der Waals surface area contributed by atoms with Crippen LogP contribution in [0, 0.1) is 5.92 Å². The molecule has 0 radical (unpaired) electrons. The molecule has 0 aliphatic heterocycles. The topological polar surface area (TPSA) is 81.4 Å². The first-order chi connectivity index (χ1) is 10.1. The molecule has 0 saturated heterocycles. The molecule has 6 heteroatoms. The van der Waals surface area contributed by atoms with Gasteiger partial charge in [-0.25, -0.2) is 13.1 Å². The van der Waals surface area contributed by atoms with Gasteiger partial charge >= 0.3 is 0 Å². The van der Waals surface area contributed by atoms with E-state index in [1.54, 1.807) is 24.3 Å². The molecular weight excluding hydrogens is 288 g/mol. The van der Waals surface area contributed by atoms with Gasteiger partial charge in [0, 0.05) is 6.04 Å². The van der Waals surface area contributed by atoms with Crippen LogP contribution in [-0.2, 0) is 10.0 Å². The van der Waals surface area contributed by atoms with E-state index < -0.39 is 10.0 Å². The summed E-state index contributed by atoms with van der Waals surface area (Å²) in [7, 11) is -3.42. The van der Waals surface area contributed by atoms with E-state index in [0.29, 0.717) is 24.8 Å². The van der Waals surface area contributed by atoms with Crippen molar-refractivity contribution in [2.75, 3.05) is 13.2 Å². The second-order valence-corrected chi connectivity index (χ2v) is 7.19. The average molecular weight is 312 g/mol. The first-order valence-electron chi connectivity index (χ1n) is 7.52. The summed E-state index contributed by atoms with van der Waals surface area (Å²) in [4.78, 5) is 0.288. The Morgan fingerprint density at radius 1 is 1.33 bits per heavy atom. The first-order valence-corrected chi connectivity index (χ1v) is 9.00. The van der Waals surface area contributed by atoms with Crippen LogP contribution in [0.2, 0.25) is 0 Å². The summed E-state index contributed by atoms with van der Waals surface area (Å²) in [6.07, 6.45) is 3.91. The Hall–Kier alpha value is -1.11. The van der Waals surface area contributed by atoms with Gasteiger partial charge in [-0.05, 0) is 56.0 Å². The van der Waals surface area contributed by atoms with Crippen LogP contribution < -0.4 is 15.2 Å². The highest BCUT2D eigenvalue weighted by atomic mass is 32.2. The fourth-order valence-corrected chi connectivity index (χ4v) is 3.66. The normalized spacial score (nSPS) is 21.2. The molecule has 0 spiro atoms. The maximum Gasteiger partial charge on any atom is 0.240 e. The van der Waals surface area contributed by atoms with Gasteiger partial charge in [0.1, 0.15) is 5.75 Å². The molecule has 118 valence electrons. The number of hydrogen-bond acceptors (Lipinski definition) is 4. The summed E-state index contributed by atoms with van der Waals surface area (Å²) in [6, 6.07) is 6.63. The molecule has 21 heavy (non-hydrogen) atoms. The molecule has 0 heterocycles. The fraction of sp³-hybridized carbons (Fsp3) is 0.600. The molecule has 1 aromatic rings. The van der Waals surface area contributed by atoms with Gasteiger partial charge in [-0.1, -0.05) is 13.3 Å². The van der Waals surface area contributed by atoms with Crippen LogP contribution in [0.4, 0.5) is 0 Å². The van der Waals surface area contributed by atoms with Crippen molar-refractivity contribution in [3.05, 3.63) is 24.3 Å². The van der Waals surface area contributed by atoms with Crippen LogP contribution in [0.1, 0.15) is 32.6 Å². The third kappa shape index (κ3) is 4.69. The number of benzene rings is 1. The lowest BCUT2D eigenvalue weighted by atomic mass is 10.2. The van der Waals surface area contributed by atoms with Gasteiger partial charge in [-0.3, -0.25) is 0 Å². The minimum Gasteiger partial charge on any atom is -0.494 e. The molecule has 1 aliphatic carbocycles. The van der Waals surface area contributed by atoms with Crippen LogP contribution in [0.25, 0.3) is 0 Å². The lowest BCUT2D eigenvalue weighted by Gasteiger charge is -2.08. The zero-order valence-electron chi connectivity index (χ0n) is 12.4. The maximum atomic E-state index is 12.2. The molecular formula is C15H24N2O3S. The molecule has 0 aromatic heterocycles. The van der Waals surface area contributed by atoms with E-state index in [1.165, 1.54) is 0 Å². The lowest BCUT2D eigenvalue weighted by Crippen LogP contribution is -2.27. The molecule has 5 nitrogen and oxygen atoms in total. The van der Waals surface area contributed by atoms with E-state index in [2.05, 4.69) is 11.6 Å². The Bertz CT molecular complexity index is 543. The number of sulfonamides is 1. The van der Waals surface area contributed by atoms with Crippen LogP contribution >= 0.6 is 0 Å². The van der Waals surface area contributed by atoms with E-state index in [-0.39, 0.29) is 10.9 Å².